The van der Waals surface area contributed by atoms with Gasteiger partial charge in [0, 0.05) is 23.6 Å². The van der Waals surface area contributed by atoms with Gasteiger partial charge in [0.25, 0.3) is 5.91 Å². The molecule has 3 aromatic rings. The van der Waals surface area contributed by atoms with E-state index in [-0.39, 0.29) is 12.1 Å². The third-order valence-electron chi connectivity index (χ3n) is 3.61. The van der Waals surface area contributed by atoms with Crippen molar-refractivity contribution in [2.24, 2.45) is 0 Å². The Morgan fingerprint density at radius 3 is 2.70 bits per heavy atom. The van der Waals surface area contributed by atoms with Crippen LogP contribution in [0.2, 0.25) is 0 Å². The second kappa shape index (κ2) is 5.60. The van der Waals surface area contributed by atoms with Crippen LogP contribution in [0.3, 0.4) is 0 Å². The number of amides is 1. The van der Waals surface area contributed by atoms with Gasteiger partial charge in [0.1, 0.15) is 16.9 Å². The van der Waals surface area contributed by atoms with Crippen LogP contribution in [0.4, 0.5) is 5.82 Å². The molecule has 0 spiro atoms. The minimum atomic E-state index is -0.331. The molecule has 0 bridgehead atoms. The van der Waals surface area contributed by atoms with E-state index >= 15 is 0 Å². The summed E-state index contributed by atoms with van der Waals surface area (Å²) in [4.78, 5) is 17.2. The summed E-state index contributed by atoms with van der Waals surface area (Å²) in [6, 6.07) is 13.5. The summed E-state index contributed by atoms with van der Waals surface area (Å²) in [5, 5.41) is 6.31. The fourth-order valence-electron chi connectivity index (χ4n) is 2.55. The molecule has 0 unspecified atom stereocenters. The zero-order valence-electron chi connectivity index (χ0n) is 11.9. The molecule has 3 heterocycles. The minimum absolute atomic E-state index is 0.126. The van der Waals surface area contributed by atoms with Gasteiger partial charge in [-0.15, -0.1) is 0 Å². The first kappa shape index (κ1) is 14.1. The molecule has 7 heteroatoms. The van der Waals surface area contributed by atoms with Crippen molar-refractivity contribution in [3.8, 4) is 5.69 Å². The Kier molecular flexibility index (Phi) is 3.44. The Bertz CT molecular complexity index is 918. The van der Waals surface area contributed by atoms with Gasteiger partial charge in [-0.1, -0.05) is 35.6 Å². The molecule has 114 valence electrons. The molecule has 1 atom stereocenters. The van der Waals surface area contributed by atoms with Crippen molar-refractivity contribution in [2.75, 3.05) is 5.32 Å². The second-order valence-corrected chi connectivity index (χ2v) is 6.70. The molecule has 0 fully saturated rings. The van der Waals surface area contributed by atoms with E-state index in [0.717, 1.165) is 17.1 Å². The summed E-state index contributed by atoms with van der Waals surface area (Å²) in [5.74, 6) is 0.599. The van der Waals surface area contributed by atoms with Crippen molar-refractivity contribution in [1.29, 1.82) is 0 Å². The Hall–Kier alpha value is -2.51. The minimum Gasteiger partial charge on any atom is -0.346 e. The number of hydrogen-bond acceptors (Lipinski definition) is 5. The number of fused-ring (bicyclic) bond motifs is 1. The number of carbonyl (C=O) groups is 1. The smallest absolute Gasteiger partial charge is 0.267 e. The Morgan fingerprint density at radius 2 is 1.96 bits per heavy atom. The number of hydrogen-bond donors (Lipinski definition) is 2. The average Bonchev–Trinajstić information content (AvgIpc) is 2.93. The van der Waals surface area contributed by atoms with Crippen LogP contribution in [0.15, 0.2) is 54.9 Å². The number of thiazole rings is 1. The van der Waals surface area contributed by atoms with E-state index in [4.69, 9.17) is 12.2 Å². The molecule has 0 saturated heterocycles. The number of nitrogens with one attached hydrogen (secondary N) is 2. The summed E-state index contributed by atoms with van der Waals surface area (Å²) in [5.41, 5.74) is 1.82. The highest BCUT2D eigenvalue weighted by Gasteiger charge is 2.29. The van der Waals surface area contributed by atoms with Crippen LogP contribution >= 0.6 is 23.6 Å². The lowest BCUT2D eigenvalue weighted by atomic mass is 10.2. The van der Waals surface area contributed by atoms with E-state index in [1.165, 1.54) is 11.3 Å². The lowest BCUT2D eigenvalue weighted by molar-refractivity contribution is 0.0939. The molecular weight excluding hydrogens is 328 g/mol. The molecule has 1 amide bonds. The summed E-state index contributed by atoms with van der Waals surface area (Å²) in [7, 11) is 0. The molecule has 5 nitrogen and oxygen atoms in total. The summed E-state index contributed by atoms with van der Waals surface area (Å²) < 4.78 is 2.54. The molecule has 23 heavy (non-hydrogen) atoms. The molecular formula is C16H12N4OS2. The van der Waals surface area contributed by atoms with Crippen molar-refractivity contribution < 1.29 is 4.79 Å². The van der Waals surface area contributed by atoms with Crippen molar-refractivity contribution in [3.05, 3.63) is 69.3 Å². The van der Waals surface area contributed by atoms with E-state index < -0.39 is 0 Å². The van der Waals surface area contributed by atoms with Gasteiger partial charge in [-0.3, -0.25) is 14.3 Å². The van der Waals surface area contributed by atoms with Gasteiger partial charge in [-0.05, 0) is 30.4 Å². The van der Waals surface area contributed by atoms with E-state index in [1.807, 2.05) is 47.0 Å². The van der Waals surface area contributed by atoms with Crippen LogP contribution in [0, 0.1) is 3.95 Å². The van der Waals surface area contributed by atoms with E-state index in [1.54, 1.807) is 12.4 Å². The number of aromatic nitrogens is 2. The quantitative estimate of drug-likeness (QED) is 0.701. The van der Waals surface area contributed by atoms with Crippen LogP contribution in [-0.4, -0.2) is 15.5 Å². The topological polar surface area (TPSA) is 59.0 Å². The molecule has 1 aromatic carbocycles. The van der Waals surface area contributed by atoms with E-state index in [0.29, 0.717) is 8.83 Å². The van der Waals surface area contributed by atoms with E-state index in [9.17, 15) is 4.79 Å². The first-order valence-corrected chi connectivity index (χ1v) is 8.25. The second-order valence-electron chi connectivity index (χ2n) is 5.05. The molecule has 2 N–H and O–H groups in total. The number of rotatable bonds is 2. The highest BCUT2D eigenvalue weighted by molar-refractivity contribution is 7.73. The monoisotopic (exact) mass is 340 g/mol. The maximum Gasteiger partial charge on any atom is 0.267 e. The summed E-state index contributed by atoms with van der Waals surface area (Å²) >= 11 is 6.76. The molecule has 1 aliphatic heterocycles. The first-order valence-electron chi connectivity index (χ1n) is 7.02. The highest BCUT2D eigenvalue weighted by Crippen LogP contribution is 2.34. The van der Waals surface area contributed by atoms with Gasteiger partial charge in [0.2, 0.25) is 0 Å². The van der Waals surface area contributed by atoms with Crippen LogP contribution in [0.25, 0.3) is 5.69 Å². The number of carbonyl (C=O) groups excluding carboxylic acids is 1. The summed E-state index contributed by atoms with van der Waals surface area (Å²) in [6.45, 7) is 0. The van der Waals surface area contributed by atoms with Gasteiger partial charge < -0.3 is 10.6 Å². The average molecular weight is 340 g/mol. The van der Waals surface area contributed by atoms with E-state index in [2.05, 4.69) is 15.6 Å². The molecule has 0 radical (unpaired) electrons. The predicted molar refractivity (Wildman–Crippen MR) is 92.5 cm³/mol. The van der Waals surface area contributed by atoms with Crippen molar-refractivity contribution >= 4 is 35.3 Å². The van der Waals surface area contributed by atoms with Crippen molar-refractivity contribution in [2.45, 2.75) is 6.17 Å². The fourth-order valence-corrected chi connectivity index (χ4v) is 3.86. The summed E-state index contributed by atoms with van der Waals surface area (Å²) in [6.07, 6.45) is 3.11. The molecule has 2 aromatic heterocycles. The van der Waals surface area contributed by atoms with Gasteiger partial charge >= 0.3 is 0 Å². The van der Waals surface area contributed by atoms with Gasteiger partial charge in [0.15, 0.2) is 3.95 Å². The van der Waals surface area contributed by atoms with Crippen molar-refractivity contribution in [1.82, 2.24) is 14.9 Å². The van der Waals surface area contributed by atoms with Crippen molar-refractivity contribution in [3.63, 3.8) is 0 Å². The Morgan fingerprint density at radius 1 is 1.13 bits per heavy atom. The maximum atomic E-state index is 12.4. The van der Waals surface area contributed by atoms with Crippen LogP contribution in [-0.2, 0) is 0 Å². The van der Waals surface area contributed by atoms with Gasteiger partial charge in [-0.2, -0.15) is 0 Å². The fraction of sp³-hybridized carbons (Fsp3) is 0.0625. The number of anilines is 1. The third-order valence-corrected chi connectivity index (χ3v) is 4.98. The zero-order valence-corrected chi connectivity index (χ0v) is 13.5. The van der Waals surface area contributed by atoms with Gasteiger partial charge in [-0.25, -0.2) is 0 Å². The zero-order chi connectivity index (χ0) is 15.8. The predicted octanol–water partition coefficient (Wildman–Crippen LogP) is 3.52. The highest BCUT2D eigenvalue weighted by atomic mass is 32.1. The first-order chi connectivity index (χ1) is 11.2. The van der Waals surface area contributed by atoms with Gasteiger partial charge in [0.05, 0.1) is 0 Å². The number of pyridine rings is 1. The molecule has 1 aliphatic rings. The maximum absolute atomic E-state index is 12.4. The van der Waals surface area contributed by atoms with Crippen LogP contribution < -0.4 is 10.6 Å². The lowest BCUT2D eigenvalue weighted by Gasteiger charge is -2.26. The molecule has 0 aliphatic carbocycles. The van der Waals surface area contributed by atoms with Crippen LogP contribution in [0.5, 0.6) is 0 Å². The normalized spacial score (nSPS) is 16.3. The lowest BCUT2D eigenvalue weighted by Crippen LogP contribution is -2.38. The largest absolute Gasteiger partial charge is 0.346 e. The molecule has 4 rings (SSSR count). The third kappa shape index (κ3) is 2.43. The number of benzene rings is 1. The Balaban J connectivity index is 1.83. The standard InChI is InChI=1S/C16H12N4OS2/c21-15-12-14(18-13(19-15)10-5-4-8-17-9-10)20(16(22)23-12)11-6-2-1-3-7-11/h1-9,13,18H,(H,19,21)/t13-/m0/s1. The SMILES string of the molecule is O=C1N[C@@H](c2cccnc2)Nc2c1sc(=S)n2-c1ccccc1. The molecule has 0 saturated carbocycles. The number of para-hydroxylation sites is 1. The van der Waals surface area contributed by atoms with Crippen LogP contribution in [0.1, 0.15) is 21.4 Å². The number of nitrogens with zero attached hydrogens (tertiary/aromatic N) is 2. The Labute approximate surface area is 141 Å².